The van der Waals surface area contributed by atoms with Gasteiger partial charge in [0.1, 0.15) is 0 Å². The summed E-state index contributed by atoms with van der Waals surface area (Å²) in [6.07, 6.45) is 0. The number of amides is 1. The van der Waals surface area contributed by atoms with E-state index in [0.29, 0.717) is 0 Å². The smallest absolute Gasteiger partial charge is 0.229 e. The Hall–Kier alpha value is -1.26. The van der Waals surface area contributed by atoms with Crippen LogP contribution >= 0.6 is 27.7 Å². The van der Waals surface area contributed by atoms with Gasteiger partial charge in [0.2, 0.25) is 5.91 Å². The van der Waals surface area contributed by atoms with Crippen LogP contribution in [0.1, 0.15) is 20.8 Å². The summed E-state index contributed by atoms with van der Waals surface area (Å²) in [5, 5.41) is 2.93. The highest BCUT2D eigenvalue weighted by molar-refractivity contribution is 9.10. The van der Waals surface area contributed by atoms with Crippen molar-refractivity contribution in [2.45, 2.75) is 30.6 Å². The molecule has 0 radical (unpaired) electrons. The van der Waals surface area contributed by atoms with Gasteiger partial charge in [-0.25, -0.2) is 0 Å². The topological polar surface area (TPSA) is 29.1 Å². The summed E-state index contributed by atoms with van der Waals surface area (Å²) in [4.78, 5) is 14.3. The molecule has 2 aromatic rings. The lowest BCUT2D eigenvalue weighted by atomic mass is 9.95. The Balaban J connectivity index is 2.02. The van der Waals surface area contributed by atoms with Crippen molar-refractivity contribution < 1.29 is 4.79 Å². The van der Waals surface area contributed by atoms with Crippen LogP contribution in [-0.2, 0) is 4.79 Å². The van der Waals surface area contributed by atoms with E-state index in [1.54, 1.807) is 11.8 Å². The Bertz CT molecular complexity index is 615. The number of rotatable bonds is 3. The van der Waals surface area contributed by atoms with Crippen molar-refractivity contribution in [2.24, 2.45) is 5.41 Å². The van der Waals surface area contributed by atoms with Gasteiger partial charge in [0.15, 0.2) is 0 Å². The summed E-state index contributed by atoms with van der Waals surface area (Å²) in [7, 11) is 0. The first-order chi connectivity index (χ1) is 9.84. The summed E-state index contributed by atoms with van der Waals surface area (Å²) >= 11 is 5.13. The van der Waals surface area contributed by atoms with Crippen LogP contribution < -0.4 is 5.32 Å². The minimum absolute atomic E-state index is 0.0239. The van der Waals surface area contributed by atoms with Crippen molar-refractivity contribution in [3.63, 3.8) is 0 Å². The standard InChI is InChI=1S/C17H18BrNOS/c1-17(2,3)16(20)19-13-6-10-15(11-7-13)21-14-8-4-12(18)5-9-14/h4-11H,1-3H3,(H,19,20). The van der Waals surface area contributed by atoms with Crippen LogP contribution in [-0.4, -0.2) is 5.91 Å². The Morgan fingerprint density at radius 1 is 0.952 bits per heavy atom. The SMILES string of the molecule is CC(C)(C)C(=O)Nc1ccc(Sc2ccc(Br)cc2)cc1. The third kappa shape index (κ3) is 4.90. The molecule has 0 unspecified atom stereocenters. The van der Waals surface area contributed by atoms with Gasteiger partial charge in [0.05, 0.1) is 0 Å². The molecule has 0 saturated heterocycles. The zero-order chi connectivity index (χ0) is 15.5. The van der Waals surface area contributed by atoms with Gasteiger partial charge in [-0.3, -0.25) is 4.79 Å². The number of carbonyl (C=O) groups excluding carboxylic acids is 1. The van der Waals surface area contributed by atoms with Crippen LogP contribution in [0.4, 0.5) is 5.69 Å². The van der Waals surface area contributed by atoms with Crippen molar-refractivity contribution in [1.82, 2.24) is 0 Å². The van der Waals surface area contributed by atoms with Gasteiger partial charge in [-0.2, -0.15) is 0 Å². The van der Waals surface area contributed by atoms with Gasteiger partial charge >= 0.3 is 0 Å². The monoisotopic (exact) mass is 363 g/mol. The lowest BCUT2D eigenvalue weighted by Gasteiger charge is -2.17. The van der Waals surface area contributed by atoms with Crippen molar-refractivity contribution >= 4 is 39.3 Å². The van der Waals surface area contributed by atoms with E-state index >= 15 is 0 Å². The van der Waals surface area contributed by atoms with Crippen LogP contribution in [0.5, 0.6) is 0 Å². The lowest BCUT2D eigenvalue weighted by molar-refractivity contribution is -0.123. The molecule has 0 aliphatic rings. The molecule has 0 saturated carbocycles. The molecule has 2 rings (SSSR count). The highest BCUT2D eigenvalue weighted by atomic mass is 79.9. The van der Waals surface area contributed by atoms with E-state index in [-0.39, 0.29) is 11.3 Å². The Morgan fingerprint density at radius 3 is 1.90 bits per heavy atom. The van der Waals surface area contributed by atoms with Crippen molar-refractivity contribution in [3.8, 4) is 0 Å². The van der Waals surface area contributed by atoms with Gasteiger partial charge in [-0.05, 0) is 48.5 Å². The van der Waals surface area contributed by atoms with Crippen LogP contribution in [0.25, 0.3) is 0 Å². The van der Waals surface area contributed by atoms with Crippen molar-refractivity contribution in [3.05, 3.63) is 53.0 Å². The first-order valence-corrected chi connectivity index (χ1v) is 8.30. The molecule has 21 heavy (non-hydrogen) atoms. The maximum absolute atomic E-state index is 11.9. The molecule has 4 heteroatoms. The first-order valence-electron chi connectivity index (χ1n) is 6.69. The van der Waals surface area contributed by atoms with E-state index in [2.05, 4.69) is 33.4 Å². The maximum atomic E-state index is 11.9. The second kappa shape index (κ2) is 6.67. The number of benzene rings is 2. The second-order valence-electron chi connectivity index (χ2n) is 5.78. The third-order valence-corrected chi connectivity index (χ3v) is 4.39. The fraction of sp³-hybridized carbons (Fsp3) is 0.235. The molecular weight excluding hydrogens is 346 g/mol. The number of anilines is 1. The summed E-state index contributed by atoms with van der Waals surface area (Å²) < 4.78 is 1.08. The van der Waals surface area contributed by atoms with E-state index in [4.69, 9.17) is 0 Å². The predicted octanol–water partition coefficient (Wildman–Crippen LogP) is 5.58. The fourth-order valence-electron chi connectivity index (χ4n) is 1.56. The molecule has 0 fully saturated rings. The Labute approximate surface area is 138 Å². The van der Waals surface area contributed by atoms with Crippen LogP contribution in [0, 0.1) is 5.41 Å². The Morgan fingerprint density at radius 2 is 1.43 bits per heavy atom. The summed E-state index contributed by atoms with van der Waals surface area (Å²) in [5.74, 6) is 0.0239. The normalized spacial score (nSPS) is 11.2. The Kier molecular flexibility index (Phi) is 5.12. The van der Waals surface area contributed by atoms with E-state index < -0.39 is 0 Å². The fourth-order valence-corrected chi connectivity index (χ4v) is 2.64. The number of hydrogen-bond donors (Lipinski definition) is 1. The maximum Gasteiger partial charge on any atom is 0.229 e. The van der Waals surface area contributed by atoms with Gasteiger partial charge in [0.25, 0.3) is 0 Å². The summed E-state index contributed by atoms with van der Waals surface area (Å²) in [5.41, 5.74) is 0.445. The summed E-state index contributed by atoms with van der Waals surface area (Å²) in [6.45, 7) is 5.71. The van der Waals surface area contributed by atoms with E-state index in [1.165, 1.54) is 4.90 Å². The largest absolute Gasteiger partial charge is 0.326 e. The average molecular weight is 364 g/mol. The molecule has 0 spiro atoms. The van der Waals surface area contributed by atoms with Gasteiger partial charge in [-0.15, -0.1) is 0 Å². The van der Waals surface area contributed by atoms with Crippen molar-refractivity contribution in [1.29, 1.82) is 0 Å². The minimum Gasteiger partial charge on any atom is -0.326 e. The third-order valence-electron chi connectivity index (χ3n) is 2.84. The number of halogens is 1. The predicted molar refractivity (Wildman–Crippen MR) is 92.8 cm³/mol. The van der Waals surface area contributed by atoms with Crippen LogP contribution in [0.3, 0.4) is 0 Å². The molecule has 0 atom stereocenters. The molecule has 1 amide bonds. The number of nitrogens with one attached hydrogen (secondary N) is 1. The number of hydrogen-bond acceptors (Lipinski definition) is 2. The molecule has 0 heterocycles. The van der Waals surface area contributed by atoms with E-state index in [9.17, 15) is 4.79 Å². The molecule has 0 aliphatic carbocycles. The van der Waals surface area contributed by atoms with E-state index in [0.717, 1.165) is 15.1 Å². The zero-order valence-corrected chi connectivity index (χ0v) is 14.7. The minimum atomic E-state index is -0.384. The lowest BCUT2D eigenvalue weighted by Crippen LogP contribution is -2.27. The molecule has 2 nitrogen and oxygen atoms in total. The van der Waals surface area contributed by atoms with Crippen LogP contribution in [0.15, 0.2) is 62.8 Å². The molecule has 0 bridgehead atoms. The second-order valence-corrected chi connectivity index (χ2v) is 7.85. The quantitative estimate of drug-likeness (QED) is 0.770. The van der Waals surface area contributed by atoms with Gasteiger partial charge in [-0.1, -0.05) is 48.5 Å². The van der Waals surface area contributed by atoms with Crippen molar-refractivity contribution in [2.75, 3.05) is 5.32 Å². The molecular formula is C17H18BrNOS. The highest BCUT2D eigenvalue weighted by Gasteiger charge is 2.20. The molecule has 0 aliphatic heterocycles. The average Bonchev–Trinajstić information content (AvgIpc) is 2.42. The van der Waals surface area contributed by atoms with E-state index in [1.807, 2.05) is 57.2 Å². The first kappa shape index (κ1) is 16.1. The van der Waals surface area contributed by atoms with Gasteiger partial charge < -0.3 is 5.32 Å². The molecule has 2 aromatic carbocycles. The highest BCUT2D eigenvalue weighted by Crippen LogP contribution is 2.29. The van der Waals surface area contributed by atoms with Gasteiger partial charge in [0, 0.05) is 25.4 Å². The zero-order valence-electron chi connectivity index (χ0n) is 12.3. The van der Waals surface area contributed by atoms with Crippen LogP contribution in [0.2, 0.25) is 0 Å². The number of carbonyl (C=O) groups is 1. The molecule has 1 N–H and O–H groups in total. The molecule has 0 aromatic heterocycles. The molecule has 110 valence electrons. The summed E-state index contributed by atoms with van der Waals surface area (Å²) in [6, 6.07) is 16.1.